The number of rotatable bonds is 6. The number of hydrogen-bond acceptors (Lipinski definition) is 4. The summed E-state index contributed by atoms with van der Waals surface area (Å²) >= 11 is 1.87. The van der Waals surface area contributed by atoms with Gasteiger partial charge in [0.2, 0.25) is 0 Å². The van der Waals surface area contributed by atoms with E-state index in [-0.39, 0.29) is 0 Å². The van der Waals surface area contributed by atoms with E-state index in [1.807, 2.05) is 30.0 Å². The average Bonchev–Trinajstić information content (AvgIpc) is 2.29. The van der Waals surface area contributed by atoms with Crippen LogP contribution in [0.5, 0.6) is 5.75 Å². The zero-order valence-electron chi connectivity index (χ0n) is 10.1. The summed E-state index contributed by atoms with van der Waals surface area (Å²) in [5, 5.41) is 3.43. The topological polar surface area (TPSA) is 47.3 Å². The normalized spacial score (nSPS) is 12.2. The number of ether oxygens (including phenoxy) is 1. The minimum atomic E-state index is 0.459. The molecule has 3 nitrogen and oxygen atoms in total. The molecule has 0 radical (unpaired) electrons. The first-order chi connectivity index (χ1) is 7.67. The van der Waals surface area contributed by atoms with Crippen molar-refractivity contribution in [3.63, 3.8) is 0 Å². The molecule has 0 spiro atoms. The van der Waals surface area contributed by atoms with Gasteiger partial charge in [-0.3, -0.25) is 0 Å². The van der Waals surface area contributed by atoms with Crippen molar-refractivity contribution in [2.24, 2.45) is 0 Å². The molecule has 0 fully saturated rings. The van der Waals surface area contributed by atoms with Crippen molar-refractivity contribution in [2.45, 2.75) is 19.4 Å². The molecule has 4 heteroatoms. The van der Waals surface area contributed by atoms with Crippen molar-refractivity contribution in [2.75, 3.05) is 30.2 Å². The van der Waals surface area contributed by atoms with Crippen LogP contribution < -0.4 is 15.8 Å². The second-order valence-corrected chi connectivity index (χ2v) is 4.77. The van der Waals surface area contributed by atoms with Gasteiger partial charge in [0.25, 0.3) is 0 Å². The van der Waals surface area contributed by atoms with Gasteiger partial charge in [0, 0.05) is 17.8 Å². The van der Waals surface area contributed by atoms with Gasteiger partial charge >= 0.3 is 0 Å². The molecule has 0 aliphatic rings. The lowest BCUT2D eigenvalue weighted by atomic mass is 10.2. The molecule has 1 unspecified atom stereocenters. The molecule has 0 amide bonds. The summed E-state index contributed by atoms with van der Waals surface area (Å²) in [4.78, 5) is 0. The Morgan fingerprint density at radius 2 is 2.25 bits per heavy atom. The van der Waals surface area contributed by atoms with Crippen LogP contribution in [0.4, 0.5) is 11.4 Å². The molecular weight excluding hydrogens is 220 g/mol. The van der Waals surface area contributed by atoms with Gasteiger partial charge in [-0.25, -0.2) is 0 Å². The monoisotopic (exact) mass is 240 g/mol. The summed E-state index contributed by atoms with van der Waals surface area (Å²) in [5.74, 6) is 1.89. The highest BCUT2D eigenvalue weighted by atomic mass is 32.2. The third-order valence-corrected chi connectivity index (χ3v) is 3.05. The molecule has 0 aromatic heterocycles. The van der Waals surface area contributed by atoms with Gasteiger partial charge < -0.3 is 15.8 Å². The van der Waals surface area contributed by atoms with Crippen LogP contribution in [0.1, 0.15) is 13.3 Å². The van der Waals surface area contributed by atoms with Gasteiger partial charge in [-0.2, -0.15) is 11.8 Å². The maximum atomic E-state index is 5.75. The van der Waals surface area contributed by atoms with E-state index in [0.29, 0.717) is 11.7 Å². The van der Waals surface area contributed by atoms with Gasteiger partial charge in [-0.15, -0.1) is 0 Å². The Labute approximate surface area is 102 Å². The Hall–Kier alpha value is -1.03. The molecule has 0 aliphatic heterocycles. The van der Waals surface area contributed by atoms with Crippen molar-refractivity contribution in [3.8, 4) is 5.75 Å². The standard InChI is InChI=1S/C12H20N2OS/c1-9(6-7-16-3)14-10-4-5-11(13)12(8-10)15-2/h4-5,8-9,14H,6-7,13H2,1-3H3. The van der Waals surface area contributed by atoms with Crippen molar-refractivity contribution >= 4 is 23.1 Å². The van der Waals surface area contributed by atoms with E-state index in [4.69, 9.17) is 10.5 Å². The average molecular weight is 240 g/mol. The predicted molar refractivity (Wildman–Crippen MR) is 73.5 cm³/mol. The minimum absolute atomic E-state index is 0.459. The molecule has 0 saturated carbocycles. The third kappa shape index (κ3) is 3.85. The fourth-order valence-electron chi connectivity index (χ4n) is 1.45. The molecule has 1 aromatic carbocycles. The maximum Gasteiger partial charge on any atom is 0.143 e. The summed E-state index contributed by atoms with van der Waals surface area (Å²) in [6.45, 7) is 2.18. The molecule has 0 heterocycles. The first-order valence-electron chi connectivity index (χ1n) is 5.36. The van der Waals surface area contributed by atoms with E-state index in [0.717, 1.165) is 17.9 Å². The van der Waals surface area contributed by atoms with Crippen LogP contribution in [-0.4, -0.2) is 25.2 Å². The van der Waals surface area contributed by atoms with Crippen LogP contribution in [0, 0.1) is 0 Å². The van der Waals surface area contributed by atoms with Crippen molar-refractivity contribution < 1.29 is 4.74 Å². The lowest BCUT2D eigenvalue weighted by Crippen LogP contribution is -2.15. The molecule has 16 heavy (non-hydrogen) atoms. The summed E-state index contributed by atoms with van der Waals surface area (Å²) in [6, 6.07) is 6.24. The Kier molecular flexibility index (Phi) is 5.32. The highest BCUT2D eigenvalue weighted by molar-refractivity contribution is 7.98. The number of thioether (sulfide) groups is 1. The first kappa shape index (κ1) is 13.0. The van der Waals surface area contributed by atoms with Gasteiger partial charge in [-0.05, 0) is 37.5 Å². The van der Waals surface area contributed by atoms with Crippen LogP contribution >= 0.6 is 11.8 Å². The predicted octanol–water partition coefficient (Wildman–Crippen LogP) is 2.83. The Morgan fingerprint density at radius 3 is 2.88 bits per heavy atom. The number of hydrogen-bond donors (Lipinski definition) is 2. The summed E-state index contributed by atoms with van der Waals surface area (Å²) < 4.78 is 5.18. The SMILES string of the molecule is COc1cc(NC(C)CCSC)ccc1N. The van der Waals surface area contributed by atoms with E-state index in [1.54, 1.807) is 7.11 Å². The highest BCUT2D eigenvalue weighted by Crippen LogP contribution is 2.25. The molecule has 3 N–H and O–H groups in total. The highest BCUT2D eigenvalue weighted by Gasteiger charge is 2.04. The van der Waals surface area contributed by atoms with Crippen LogP contribution in [-0.2, 0) is 0 Å². The van der Waals surface area contributed by atoms with Crippen molar-refractivity contribution in [3.05, 3.63) is 18.2 Å². The number of benzene rings is 1. The van der Waals surface area contributed by atoms with Crippen LogP contribution in [0.15, 0.2) is 18.2 Å². The second-order valence-electron chi connectivity index (χ2n) is 3.78. The van der Waals surface area contributed by atoms with E-state index >= 15 is 0 Å². The molecule has 0 bridgehead atoms. The molecule has 0 aliphatic carbocycles. The Balaban J connectivity index is 2.59. The van der Waals surface area contributed by atoms with Crippen molar-refractivity contribution in [1.82, 2.24) is 0 Å². The van der Waals surface area contributed by atoms with E-state index < -0.39 is 0 Å². The summed E-state index contributed by atoms with van der Waals surface area (Å²) in [5.41, 5.74) is 7.48. The summed E-state index contributed by atoms with van der Waals surface area (Å²) in [7, 11) is 1.63. The van der Waals surface area contributed by atoms with Crippen LogP contribution in [0.3, 0.4) is 0 Å². The zero-order valence-corrected chi connectivity index (χ0v) is 10.9. The smallest absolute Gasteiger partial charge is 0.143 e. The fourth-order valence-corrected chi connectivity index (χ4v) is 2.04. The van der Waals surface area contributed by atoms with E-state index in [2.05, 4.69) is 18.5 Å². The van der Waals surface area contributed by atoms with Gasteiger partial charge in [0.05, 0.1) is 12.8 Å². The first-order valence-corrected chi connectivity index (χ1v) is 6.75. The van der Waals surface area contributed by atoms with Gasteiger partial charge in [0.1, 0.15) is 5.75 Å². The van der Waals surface area contributed by atoms with Gasteiger partial charge in [0.15, 0.2) is 0 Å². The fraction of sp³-hybridized carbons (Fsp3) is 0.500. The van der Waals surface area contributed by atoms with E-state index in [9.17, 15) is 0 Å². The number of methoxy groups -OCH3 is 1. The number of nitrogens with two attached hydrogens (primary N) is 1. The zero-order chi connectivity index (χ0) is 12.0. The largest absolute Gasteiger partial charge is 0.495 e. The van der Waals surface area contributed by atoms with Crippen LogP contribution in [0.2, 0.25) is 0 Å². The van der Waals surface area contributed by atoms with Crippen molar-refractivity contribution in [1.29, 1.82) is 0 Å². The maximum absolute atomic E-state index is 5.75. The summed E-state index contributed by atoms with van der Waals surface area (Å²) in [6.07, 6.45) is 3.27. The molecule has 1 rings (SSSR count). The molecular formula is C12H20N2OS. The lowest BCUT2D eigenvalue weighted by Gasteiger charge is -2.15. The number of nitrogen functional groups attached to an aromatic ring is 1. The Bertz CT molecular complexity index is 331. The van der Waals surface area contributed by atoms with Crippen LogP contribution in [0.25, 0.3) is 0 Å². The molecule has 90 valence electrons. The third-order valence-electron chi connectivity index (χ3n) is 2.40. The quantitative estimate of drug-likeness (QED) is 0.751. The second kappa shape index (κ2) is 6.53. The number of nitrogens with one attached hydrogen (secondary N) is 1. The minimum Gasteiger partial charge on any atom is -0.495 e. The molecule has 1 aromatic rings. The molecule has 1 atom stereocenters. The van der Waals surface area contributed by atoms with E-state index in [1.165, 1.54) is 5.75 Å². The lowest BCUT2D eigenvalue weighted by molar-refractivity contribution is 0.417. The molecule has 0 saturated heterocycles. The van der Waals surface area contributed by atoms with Gasteiger partial charge in [-0.1, -0.05) is 0 Å². The Morgan fingerprint density at radius 1 is 1.50 bits per heavy atom. The number of anilines is 2.